The van der Waals surface area contributed by atoms with Crippen LogP contribution >= 0.6 is 0 Å². The highest BCUT2D eigenvalue weighted by molar-refractivity contribution is 5.91. The number of aryl methyl sites for hydroxylation is 1. The minimum absolute atomic E-state index is 0.135. The SMILES string of the molecule is CCOc1ccc(/C=N/OCC(=O)Nc2cccc(CC)c2)cc1. The van der Waals surface area contributed by atoms with Gasteiger partial charge in [-0.25, -0.2) is 0 Å². The average Bonchev–Trinajstić information content (AvgIpc) is 2.60. The molecule has 0 aliphatic heterocycles. The molecule has 0 aliphatic rings. The van der Waals surface area contributed by atoms with Gasteiger partial charge in [-0.05, 0) is 60.9 Å². The van der Waals surface area contributed by atoms with Crippen LogP contribution in [0.15, 0.2) is 53.7 Å². The number of hydrogen-bond acceptors (Lipinski definition) is 4. The smallest absolute Gasteiger partial charge is 0.265 e. The number of hydrogen-bond donors (Lipinski definition) is 1. The van der Waals surface area contributed by atoms with Gasteiger partial charge in [0.05, 0.1) is 12.8 Å². The van der Waals surface area contributed by atoms with E-state index in [0.717, 1.165) is 23.4 Å². The summed E-state index contributed by atoms with van der Waals surface area (Å²) >= 11 is 0. The summed E-state index contributed by atoms with van der Waals surface area (Å²) in [6.07, 6.45) is 2.48. The lowest BCUT2D eigenvalue weighted by atomic mass is 10.1. The highest BCUT2D eigenvalue weighted by atomic mass is 16.6. The maximum Gasteiger partial charge on any atom is 0.265 e. The minimum atomic E-state index is -0.243. The van der Waals surface area contributed by atoms with Crippen LogP contribution in [0.1, 0.15) is 25.0 Å². The Kier molecular flexibility index (Phi) is 6.83. The van der Waals surface area contributed by atoms with Crippen molar-refractivity contribution in [2.45, 2.75) is 20.3 Å². The fourth-order valence-corrected chi connectivity index (χ4v) is 2.08. The van der Waals surface area contributed by atoms with E-state index in [4.69, 9.17) is 9.57 Å². The van der Waals surface area contributed by atoms with Crippen molar-refractivity contribution >= 4 is 17.8 Å². The molecular formula is C19H22N2O3. The number of oxime groups is 1. The van der Waals surface area contributed by atoms with Crippen LogP contribution in [0, 0.1) is 0 Å². The molecule has 0 aliphatic carbocycles. The molecule has 2 aromatic rings. The van der Waals surface area contributed by atoms with E-state index in [-0.39, 0.29) is 12.5 Å². The molecule has 0 fully saturated rings. The molecule has 24 heavy (non-hydrogen) atoms. The van der Waals surface area contributed by atoms with Crippen molar-refractivity contribution in [3.63, 3.8) is 0 Å². The fourth-order valence-electron chi connectivity index (χ4n) is 2.08. The summed E-state index contributed by atoms with van der Waals surface area (Å²) in [5, 5.41) is 6.59. The van der Waals surface area contributed by atoms with Crippen LogP contribution in [0.4, 0.5) is 5.69 Å². The van der Waals surface area contributed by atoms with Crippen LogP contribution in [0.3, 0.4) is 0 Å². The van der Waals surface area contributed by atoms with Gasteiger partial charge in [-0.2, -0.15) is 0 Å². The Morgan fingerprint density at radius 2 is 1.96 bits per heavy atom. The molecule has 0 unspecified atom stereocenters. The quantitative estimate of drug-likeness (QED) is 0.595. The van der Waals surface area contributed by atoms with Gasteiger partial charge in [-0.1, -0.05) is 24.2 Å². The first-order chi connectivity index (χ1) is 11.7. The second-order valence-corrected chi connectivity index (χ2v) is 5.11. The molecule has 0 bridgehead atoms. The van der Waals surface area contributed by atoms with E-state index in [9.17, 15) is 4.79 Å². The molecule has 0 atom stereocenters. The number of carbonyl (C=O) groups is 1. The molecule has 0 heterocycles. The van der Waals surface area contributed by atoms with Crippen molar-refractivity contribution in [3.05, 3.63) is 59.7 Å². The second kappa shape index (κ2) is 9.35. The van der Waals surface area contributed by atoms with Crippen molar-refractivity contribution in [2.75, 3.05) is 18.5 Å². The Bertz CT molecular complexity index is 681. The number of carbonyl (C=O) groups excluding carboxylic acids is 1. The van der Waals surface area contributed by atoms with E-state index >= 15 is 0 Å². The zero-order valence-corrected chi connectivity index (χ0v) is 14.0. The number of nitrogens with one attached hydrogen (secondary N) is 1. The lowest BCUT2D eigenvalue weighted by Gasteiger charge is -2.06. The van der Waals surface area contributed by atoms with E-state index in [1.165, 1.54) is 5.56 Å². The van der Waals surface area contributed by atoms with Gasteiger partial charge in [0.1, 0.15) is 5.75 Å². The van der Waals surface area contributed by atoms with Crippen LogP contribution in [-0.4, -0.2) is 25.3 Å². The summed E-state index contributed by atoms with van der Waals surface area (Å²) in [6.45, 7) is 4.50. The van der Waals surface area contributed by atoms with Crippen LogP contribution in [0.2, 0.25) is 0 Å². The molecular weight excluding hydrogens is 304 g/mol. The first-order valence-electron chi connectivity index (χ1n) is 7.98. The van der Waals surface area contributed by atoms with Crippen molar-refractivity contribution in [1.29, 1.82) is 0 Å². The molecule has 0 saturated carbocycles. The van der Waals surface area contributed by atoms with Gasteiger partial charge >= 0.3 is 0 Å². The number of nitrogens with zero attached hydrogens (tertiary/aromatic N) is 1. The average molecular weight is 326 g/mol. The number of amides is 1. The zero-order valence-electron chi connectivity index (χ0n) is 14.0. The molecule has 0 radical (unpaired) electrons. The molecule has 5 heteroatoms. The Morgan fingerprint density at radius 1 is 1.17 bits per heavy atom. The molecule has 0 spiro atoms. The van der Waals surface area contributed by atoms with Crippen LogP contribution < -0.4 is 10.1 Å². The Hall–Kier alpha value is -2.82. The Balaban J connectivity index is 1.77. The molecule has 1 amide bonds. The predicted octanol–water partition coefficient (Wildman–Crippen LogP) is 3.64. The molecule has 126 valence electrons. The largest absolute Gasteiger partial charge is 0.494 e. The predicted molar refractivity (Wildman–Crippen MR) is 95.6 cm³/mol. The normalized spacial score (nSPS) is 10.6. The summed E-state index contributed by atoms with van der Waals surface area (Å²) in [6, 6.07) is 15.2. The third-order valence-electron chi connectivity index (χ3n) is 3.28. The molecule has 0 aromatic heterocycles. The van der Waals surface area contributed by atoms with E-state index in [1.807, 2.05) is 55.5 Å². The van der Waals surface area contributed by atoms with Crippen molar-refractivity contribution in [2.24, 2.45) is 5.16 Å². The molecule has 2 aromatic carbocycles. The van der Waals surface area contributed by atoms with E-state index in [0.29, 0.717) is 6.61 Å². The third kappa shape index (κ3) is 5.76. The lowest BCUT2D eigenvalue weighted by Crippen LogP contribution is -2.17. The maximum atomic E-state index is 11.8. The molecule has 1 N–H and O–H groups in total. The highest BCUT2D eigenvalue weighted by Crippen LogP contribution is 2.11. The third-order valence-corrected chi connectivity index (χ3v) is 3.28. The Morgan fingerprint density at radius 3 is 2.67 bits per heavy atom. The van der Waals surface area contributed by atoms with Gasteiger partial charge in [-0.3, -0.25) is 4.79 Å². The van der Waals surface area contributed by atoms with Gasteiger partial charge in [0, 0.05) is 5.69 Å². The van der Waals surface area contributed by atoms with Crippen LogP contribution in [0.5, 0.6) is 5.75 Å². The second-order valence-electron chi connectivity index (χ2n) is 5.11. The van der Waals surface area contributed by atoms with E-state index < -0.39 is 0 Å². The molecule has 0 saturated heterocycles. The van der Waals surface area contributed by atoms with Crippen molar-refractivity contribution in [1.82, 2.24) is 0 Å². The number of anilines is 1. The number of rotatable bonds is 8. The van der Waals surface area contributed by atoms with E-state index in [2.05, 4.69) is 17.4 Å². The van der Waals surface area contributed by atoms with Crippen LogP contribution in [-0.2, 0) is 16.1 Å². The van der Waals surface area contributed by atoms with E-state index in [1.54, 1.807) is 6.21 Å². The van der Waals surface area contributed by atoms with Gasteiger partial charge in [0.2, 0.25) is 0 Å². The number of ether oxygens (including phenoxy) is 1. The molecule has 5 nitrogen and oxygen atoms in total. The van der Waals surface area contributed by atoms with Crippen molar-refractivity contribution in [3.8, 4) is 5.75 Å². The summed E-state index contributed by atoms with van der Waals surface area (Å²) in [5.41, 5.74) is 2.80. The fraction of sp³-hybridized carbons (Fsp3) is 0.263. The zero-order chi connectivity index (χ0) is 17.2. The monoisotopic (exact) mass is 326 g/mol. The first-order valence-corrected chi connectivity index (χ1v) is 7.98. The summed E-state index contributed by atoms with van der Waals surface area (Å²) in [7, 11) is 0. The summed E-state index contributed by atoms with van der Waals surface area (Å²) < 4.78 is 5.36. The highest BCUT2D eigenvalue weighted by Gasteiger charge is 2.03. The summed E-state index contributed by atoms with van der Waals surface area (Å²) in [5.74, 6) is 0.566. The van der Waals surface area contributed by atoms with Gasteiger partial charge in [-0.15, -0.1) is 0 Å². The van der Waals surface area contributed by atoms with Gasteiger partial charge in [0.15, 0.2) is 6.61 Å². The Labute approximate surface area is 142 Å². The maximum absolute atomic E-state index is 11.8. The van der Waals surface area contributed by atoms with Gasteiger partial charge in [0.25, 0.3) is 5.91 Å². The first kappa shape index (κ1) is 17.5. The van der Waals surface area contributed by atoms with Crippen LogP contribution in [0.25, 0.3) is 0 Å². The molecule has 2 rings (SSSR count). The minimum Gasteiger partial charge on any atom is -0.494 e. The number of benzene rings is 2. The van der Waals surface area contributed by atoms with Crippen molar-refractivity contribution < 1.29 is 14.4 Å². The summed E-state index contributed by atoms with van der Waals surface area (Å²) in [4.78, 5) is 16.8. The topological polar surface area (TPSA) is 59.9 Å². The standard InChI is InChI=1S/C19H22N2O3/c1-3-15-6-5-7-17(12-15)21-19(22)14-24-20-13-16-8-10-18(11-9-16)23-4-2/h5-13H,3-4,14H2,1-2H3,(H,21,22)/b20-13+. The van der Waals surface area contributed by atoms with Gasteiger partial charge < -0.3 is 14.9 Å². The lowest BCUT2D eigenvalue weighted by molar-refractivity contribution is -0.120.